The summed E-state index contributed by atoms with van der Waals surface area (Å²) in [4.78, 5) is 0. The first-order chi connectivity index (χ1) is 12.8. The first-order valence-corrected chi connectivity index (χ1v) is 10.4. The van der Waals surface area contributed by atoms with Gasteiger partial charge >= 0.3 is 0 Å². The molecule has 3 nitrogen and oxygen atoms in total. The smallest absolute Gasteiger partial charge is 0.181 e. The van der Waals surface area contributed by atoms with Crippen LogP contribution in [-0.4, -0.2) is 32.8 Å². The molecule has 3 rings (SSSR count). The summed E-state index contributed by atoms with van der Waals surface area (Å²) in [5.74, 6) is -0.0959. The Hall–Kier alpha value is -0.905. The molecule has 2 aliphatic rings. The van der Waals surface area contributed by atoms with Gasteiger partial charge in [-0.3, -0.25) is 0 Å². The molecule has 2 saturated heterocycles. The lowest BCUT2D eigenvalue weighted by molar-refractivity contribution is -0.169. The Morgan fingerprint density at radius 2 is 1.85 bits per heavy atom. The lowest BCUT2D eigenvalue weighted by atomic mass is 9.41. The Labute approximate surface area is 164 Å². The number of halogens is 1. The van der Waals surface area contributed by atoms with Gasteiger partial charge in [0.15, 0.2) is 13.0 Å². The molecular weight excluding hydrogens is 342 g/mol. The van der Waals surface area contributed by atoms with Crippen LogP contribution in [0.15, 0.2) is 18.2 Å². The number of ether oxygens (including phenoxy) is 3. The minimum Gasteiger partial charge on any atom is -0.374 e. The fraction of sp³-hybridized carbons (Fsp3) is 0.727. The van der Waals surface area contributed by atoms with Gasteiger partial charge in [-0.05, 0) is 47.2 Å². The fourth-order valence-electron chi connectivity index (χ4n) is 4.49. The maximum atomic E-state index is 14.7. The molecule has 1 unspecified atom stereocenters. The molecule has 0 spiro atoms. The van der Waals surface area contributed by atoms with E-state index in [9.17, 15) is 4.39 Å². The molecule has 1 aromatic carbocycles. The van der Waals surface area contributed by atoms with Crippen LogP contribution in [0.3, 0.4) is 0 Å². The summed E-state index contributed by atoms with van der Waals surface area (Å²) < 4.78 is 31.8. The molecule has 5 heteroatoms. The van der Waals surface area contributed by atoms with Crippen molar-refractivity contribution in [2.24, 2.45) is 10.8 Å². The van der Waals surface area contributed by atoms with Crippen LogP contribution in [0.25, 0.3) is 0 Å². The van der Waals surface area contributed by atoms with Gasteiger partial charge in [0.2, 0.25) is 0 Å². The number of hydrogen-bond donors (Lipinski definition) is 0. The van der Waals surface area contributed by atoms with E-state index in [1.54, 1.807) is 12.1 Å². The molecule has 0 amide bonds. The van der Waals surface area contributed by atoms with Gasteiger partial charge in [0, 0.05) is 6.61 Å². The predicted molar refractivity (Wildman–Crippen MR) is 108 cm³/mol. The van der Waals surface area contributed by atoms with E-state index in [2.05, 4.69) is 27.7 Å². The summed E-state index contributed by atoms with van der Waals surface area (Å²) >= 11 is 0. The third kappa shape index (κ3) is 4.93. The van der Waals surface area contributed by atoms with Crippen LogP contribution in [0, 0.1) is 16.6 Å². The second-order valence-corrected chi connectivity index (χ2v) is 9.41. The topological polar surface area (TPSA) is 27.7 Å². The van der Waals surface area contributed by atoms with Crippen LogP contribution < -0.4 is 5.46 Å². The van der Waals surface area contributed by atoms with Gasteiger partial charge in [0.25, 0.3) is 0 Å². The van der Waals surface area contributed by atoms with E-state index in [1.165, 1.54) is 0 Å². The molecule has 150 valence electrons. The Morgan fingerprint density at radius 1 is 1.11 bits per heavy atom. The van der Waals surface area contributed by atoms with Crippen molar-refractivity contribution in [1.29, 1.82) is 0 Å². The molecule has 1 atom stereocenters. The Kier molecular flexibility index (Phi) is 6.65. The highest BCUT2D eigenvalue weighted by Gasteiger charge is 2.49. The molecule has 0 radical (unpaired) electrons. The monoisotopic (exact) mass is 376 g/mol. The molecule has 1 aromatic rings. The first-order valence-electron chi connectivity index (χ1n) is 10.4. The van der Waals surface area contributed by atoms with Crippen LogP contribution in [0.4, 0.5) is 4.39 Å². The normalized spacial score (nSPS) is 24.3. The van der Waals surface area contributed by atoms with E-state index in [1.807, 2.05) is 6.07 Å². The predicted octanol–water partition coefficient (Wildman–Crippen LogP) is 4.65. The average Bonchev–Trinajstić information content (AvgIpc) is 2.83. The quantitative estimate of drug-likeness (QED) is 0.512. The average molecular weight is 376 g/mol. The number of rotatable bonds is 7. The molecule has 2 heterocycles. The van der Waals surface area contributed by atoms with Crippen molar-refractivity contribution in [2.45, 2.75) is 72.5 Å². The summed E-state index contributed by atoms with van der Waals surface area (Å²) in [6.45, 7) is 11.7. The largest absolute Gasteiger partial charge is 0.374 e. The maximum Gasteiger partial charge on any atom is 0.181 e. The van der Waals surface area contributed by atoms with Crippen molar-refractivity contribution < 1.29 is 18.6 Å². The van der Waals surface area contributed by atoms with Crippen LogP contribution in [-0.2, 0) is 20.8 Å². The van der Waals surface area contributed by atoms with E-state index in [4.69, 9.17) is 14.2 Å². The van der Waals surface area contributed by atoms with Crippen molar-refractivity contribution in [3.8, 4) is 0 Å². The number of hydrogen-bond acceptors (Lipinski definition) is 3. The molecule has 0 saturated carbocycles. The van der Waals surface area contributed by atoms with Crippen LogP contribution in [0.2, 0.25) is 12.6 Å². The SMILES string of the molecule is CC1(C)CB(c2c(F)cccc2COCCOC2CCCCO2)CC1(C)C. The van der Waals surface area contributed by atoms with Crippen molar-refractivity contribution >= 4 is 12.2 Å². The lowest BCUT2D eigenvalue weighted by Crippen LogP contribution is -2.34. The second-order valence-electron chi connectivity index (χ2n) is 9.41. The zero-order chi connectivity index (χ0) is 19.5. The van der Waals surface area contributed by atoms with E-state index in [-0.39, 0.29) is 29.6 Å². The van der Waals surface area contributed by atoms with Gasteiger partial charge < -0.3 is 14.2 Å². The second kappa shape index (κ2) is 8.63. The highest BCUT2D eigenvalue weighted by atomic mass is 19.1. The van der Waals surface area contributed by atoms with Crippen molar-refractivity contribution in [3.05, 3.63) is 29.6 Å². The zero-order valence-electron chi connectivity index (χ0n) is 17.4. The minimum atomic E-state index is -0.0959. The summed E-state index contributed by atoms with van der Waals surface area (Å²) in [5.41, 5.74) is 2.23. The van der Waals surface area contributed by atoms with Gasteiger partial charge in [-0.1, -0.05) is 52.5 Å². The Morgan fingerprint density at radius 3 is 2.52 bits per heavy atom. The molecule has 27 heavy (non-hydrogen) atoms. The highest BCUT2D eigenvalue weighted by Crippen LogP contribution is 2.52. The van der Waals surface area contributed by atoms with Crippen molar-refractivity contribution in [3.63, 3.8) is 0 Å². The zero-order valence-corrected chi connectivity index (χ0v) is 17.4. The standard InChI is InChI=1S/C22H34BFO3/c1-21(2)15-23(16-22(21,3)4)20-17(8-7-9-18(20)24)14-25-12-13-27-19-10-5-6-11-26-19/h7-9,19H,5-6,10-16H2,1-4H3. The third-order valence-electron chi connectivity index (χ3n) is 6.82. The highest BCUT2D eigenvalue weighted by molar-refractivity contribution is 6.74. The van der Waals surface area contributed by atoms with E-state index >= 15 is 0 Å². The fourth-order valence-corrected chi connectivity index (χ4v) is 4.49. The minimum absolute atomic E-state index is 0.0879. The van der Waals surface area contributed by atoms with Crippen molar-refractivity contribution in [2.75, 3.05) is 19.8 Å². The molecule has 2 fully saturated rings. The summed E-state index contributed by atoms with van der Waals surface area (Å²) in [6.07, 6.45) is 5.17. The van der Waals surface area contributed by atoms with Gasteiger partial charge in [-0.15, -0.1) is 0 Å². The van der Waals surface area contributed by atoms with Gasteiger partial charge in [-0.25, -0.2) is 4.39 Å². The Balaban J connectivity index is 1.56. The lowest BCUT2D eigenvalue weighted by Gasteiger charge is -2.35. The summed E-state index contributed by atoms with van der Waals surface area (Å²) in [5, 5.41) is 0. The van der Waals surface area contributed by atoms with Crippen LogP contribution in [0.5, 0.6) is 0 Å². The molecule has 0 N–H and O–H groups in total. The van der Waals surface area contributed by atoms with Gasteiger partial charge in [-0.2, -0.15) is 0 Å². The van der Waals surface area contributed by atoms with Crippen LogP contribution in [0.1, 0.15) is 52.5 Å². The molecule has 0 bridgehead atoms. The van der Waals surface area contributed by atoms with Gasteiger partial charge in [0.05, 0.1) is 19.8 Å². The third-order valence-corrected chi connectivity index (χ3v) is 6.82. The van der Waals surface area contributed by atoms with E-state index < -0.39 is 0 Å². The Bertz CT molecular complexity index is 610. The molecule has 2 aliphatic heterocycles. The van der Waals surface area contributed by atoms with E-state index in [0.29, 0.717) is 19.8 Å². The maximum absolute atomic E-state index is 14.7. The summed E-state index contributed by atoms with van der Waals surface area (Å²) in [7, 11) is 0. The van der Waals surface area contributed by atoms with Crippen LogP contribution >= 0.6 is 0 Å². The molecule has 0 aromatic heterocycles. The number of benzene rings is 1. The first kappa shape index (κ1) is 20.8. The van der Waals surface area contributed by atoms with Gasteiger partial charge in [0.1, 0.15) is 5.82 Å². The summed E-state index contributed by atoms with van der Waals surface area (Å²) in [6, 6.07) is 5.37. The molecule has 0 aliphatic carbocycles. The van der Waals surface area contributed by atoms with E-state index in [0.717, 1.165) is 49.5 Å². The van der Waals surface area contributed by atoms with Crippen molar-refractivity contribution in [1.82, 2.24) is 0 Å². The molecular formula is C22H34BFO3.